The van der Waals surface area contributed by atoms with Gasteiger partial charge in [0, 0.05) is 24.1 Å². The van der Waals surface area contributed by atoms with Gasteiger partial charge in [-0.3, -0.25) is 0 Å². The highest BCUT2D eigenvalue weighted by atomic mass is 79.9. The van der Waals surface area contributed by atoms with Crippen LogP contribution < -0.4 is 5.32 Å². The molecular formula is C13H17BrCl2N2O2S. The van der Waals surface area contributed by atoms with E-state index in [-0.39, 0.29) is 27.7 Å². The fourth-order valence-electron chi connectivity index (χ4n) is 3.07. The maximum Gasteiger partial charge on any atom is 0.244 e. The molecule has 2 fully saturated rings. The van der Waals surface area contributed by atoms with Crippen LogP contribution in [0.15, 0.2) is 27.6 Å². The number of nitrogens with zero attached hydrogens (tertiary/aromatic N) is 1. The van der Waals surface area contributed by atoms with Gasteiger partial charge in [0.2, 0.25) is 10.0 Å². The Hall–Kier alpha value is 0.150. The van der Waals surface area contributed by atoms with Crippen molar-refractivity contribution in [3.8, 4) is 0 Å². The van der Waals surface area contributed by atoms with E-state index in [0.717, 1.165) is 30.4 Å². The van der Waals surface area contributed by atoms with E-state index in [0.29, 0.717) is 13.1 Å². The number of rotatable bonds is 2. The van der Waals surface area contributed by atoms with Crippen LogP contribution in [0.2, 0.25) is 5.02 Å². The van der Waals surface area contributed by atoms with Crippen LogP contribution in [0.25, 0.3) is 0 Å². The van der Waals surface area contributed by atoms with Crippen molar-refractivity contribution in [2.24, 2.45) is 5.41 Å². The van der Waals surface area contributed by atoms with Crippen LogP contribution >= 0.6 is 39.9 Å². The molecule has 0 bridgehead atoms. The number of sulfonamides is 1. The maximum absolute atomic E-state index is 12.7. The van der Waals surface area contributed by atoms with Gasteiger partial charge in [-0.2, -0.15) is 4.31 Å². The average molecular weight is 416 g/mol. The van der Waals surface area contributed by atoms with E-state index in [2.05, 4.69) is 21.2 Å². The summed E-state index contributed by atoms with van der Waals surface area (Å²) in [5.74, 6) is 0. The molecule has 1 aromatic rings. The van der Waals surface area contributed by atoms with Gasteiger partial charge in [-0.15, -0.1) is 12.4 Å². The molecule has 4 nitrogen and oxygen atoms in total. The molecule has 1 atom stereocenters. The first-order chi connectivity index (χ1) is 9.43. The lowest BCUT2D eigenvalue weighted by molar-refractivity contribution is 0.338. The van der Waals surface area contributed by atoms with Crippen molar-refractivity contribution in [3.63, 3.8) is 0 Å². The third-order valence-corrected chi connectivity index (χ3v) is 7.07. The molecule has 0 saturated carbocycles. The molecule has 118 valence electrons. The van der Waals surface area contributed by atoms with Gasteiger partial charge >= 0.3 is 0 Å². The lowest BCUT2D eigenvalue weighted by Gasteiger charge is -2.23. The second-order valence-corrected chi connectivity index (χ2v) is 8.82. The molecule has 2 aliphatic rings. The van der Waals surface area contributed by atoms with Crippen LogP contribution in [-0.2, 0) is 10.0 Å². The van der Waals surface area contributed by atoms with Gasteiger partial charge in [0.15, 0.2) is 0 Å². The lowest BCUT2D eigenvalue weighted by Crippen LogP contribution is -2.33. The molecule has 2 saturated heterocycles. The summed E-state index contributed by atoms with van der Waals surface area (Å²) >= 11 is 9.39. The topological polar surface area (TPSA) is 49.4 Å². The molecule has 1 spiro atoms. The monoisotopic (exact) mass is 414 g/mol. The molecule has 1 unspecified atom stereocenters. The highest BCUT2D eigenvalue weighted by Gasteiger charge is 2.44. The van der Waals surface area contributed by atoms with Gasteiger partial charge in [0.25, 0.3) is 0 Å². The minimum atomic E-state index is -3.50. The zero-order valence-electron chi connectivity index (χ0n) is 11.3. The van der Waals surface area contributed by atoms with Crippen molar-refractivity contribution in [3.05, 3.63) is 27.7 Å². The summed E-state index contributed by atoms with van der Waals surface area (Å²) in [6, 6.07) is 4.90. The Morgan fingerprint density at radius 2 is 2.10 bits per heavy atom. The standard InChI is InChI=1S/C13H16BrClN2O2S.ClH/c14-10-1-2-12(11(15)7-10)20(18,19)17-6-4-13(9-17)3-5-16-8-13;/h1-2,7,16H,3-6,8-9H2;1H. The fraction of sp³-hybridized carbons (Fsp3) is 0.538. The third kappa shape index (κ3) is 3.26. The van der Waals surface area contributed by atoms with Gasteiger partial charge in [-0.05, 0) is 43.0 Å². The smallest absolute Gasteiger partial charge is 0.244 e. The Morgan fingerprint density at radius 1 is 1.33 bits per heavy atom. The van der Waals surface area contributed by atoms with Crippen LogP contribution in [0.5, 0.6) is 0 Å². The largest absolute Gasteiger partial charge is 0.316 e. The molecule has 0 radical (unpaired) electrons. The van der Waals surface area contributed by atoms with E-state index < -0.39 is 10.0 Å². The summed E-state index contributed by atoms with van der Waals surface area (Å²) in [7, 11) is -3.50. The summed E-state index contributed by atoms with van der Waals surface area (Å²) in [4.78, 5) is 0.199. The van der Waals surface area contributed by atoms with Crippen molar-refractivity contribution in [1.82, 2.24) is 9.62 Å². The van der Waals surface area contributed by atoms with E-state index in [1.54, 1.807) is 22.5 Å². The van der Waals surface area contributed by atoms with Crippen LogP contribution in [-0.4, -0.2) is 38.9 Å². The summed E-state index contributed by atoms with van der Waals surface area (Å²) in [5.41, 5.74) is 0.120. The molecule has 1 N–H and O–H groups in total. The number of benzene rings is 1. The van der Waals surface area contributed by atoms with E-state index >= 15 is 0 Å². The van der Waals surface area contributed by atoms with E-state index in [4.69, 9.17) is 11.6 Å². The Bertz CT molecular complexity index is 633. The zero-order chi connectivity index (χ0) is 14.4. The quantitative estimate of drug-likeness (QED) is 0.807. The molecule has 0 aromatic heterocycles. The first-order valence-corrected chi connectivity index (χ1v) is 9.20. The van der Waals surface area contributed by atoms with Crippen molar-refractivity contribution in [2.45, 2.75) is 17.7 Å². The Morgan fingerprint density at radius 3 is 2.71 bits per heavy atom. The minimum Gasteiger partial charge on any atom is -0.316 e. The SMILES string of the molecule is Cl.O=S(=O)(c1ccc(Br)cc1Cl)N1CCC2(CCNC2)C1. The van der Waals surface area contributed by atoms with E-state index in [1.165, 1.54) is 0 Å². The Balaban J connectivity index is 0.00000161. The third-order valence-electron chi connectivity index (χ3n) is 4.25. The average Bonchev–Trinajstić information content (AvgIpc) is 3.00. The zero-order valence-corrected chi connectivity index (χ0v) is 15.3. The second kappa shape index (κ2) is 6.34. The molecule has 0 aliphatic carbocycles. The molecule has 1 aromatic carbocycles. The molecule has 0 amide bonds. The Labute approximate surface area is 144 Å². The molecule has 3 rings (SSSR count). The normalized spacial score (nSPS) is 26.2. The van der Waals surface area contributed by atoms with Gasteiger partial charge in [0.1, 0.15) is 4.90 Å². The van der Waals surface area contributed by atoms with Crippen LogP contribution in [0.1, 0.15) is 12.8 Å². The molecule has 2 heterocycles. The summed E-state index contributed by atoms with van der Waals surface area (Å²) in [6.07, 6.45) is 1.97. The van der Waals surface area contributed by atoms with Gasteiger partial charge < -0.3 is 5.32 Å². The maximum atomic E-state index is 12.7. The predicted octanol–water partition coefficient (Wildman–Crippen LogP) is 2.90. The van der Waals surface area contributed by atoms with Gasteiger partial charge in [-0.25, -0.2) is 8.42 Å². The molecular weight excluding hydrogens is 399 g/mol. The van der Waals surface area contributed by atoms with Gasteiger partial charge in [0.05, 0.1) is 5.02 Å². The van der Waals surface area contributed by atoms with Gasteiger partial charge in [-0.1, -0.05) is 27.5 Å². The van der Waals surface area contributed by atoms with Crippen molar-refractivity contribution in [1.29, 1.82) is 0 Å². The summed E-state index contributed by atoms with van der Waals surface area (Å²) in [6.45, 7) is 3.06. The lowest BCUT2D eigenvalue weighted by atomic mass is 9.87. The summed E-state index contributed by atoms with van der Waals surface area (Å²) in [5, 5.41) is 3.60. The number of hydrogen-bond acceptors (Lipinski definition) is 3. The van der Waals surface area contributed by atoms with Crippen LogP contribution in [0.4, 0.5) is 0 Å². The van der Waals surface area contributed by atoms with Crippen LogP contribution in [0.3, 0.4) is 0 Å². The van der Waals surface area contributed by atoms with Crippen molar-refractivity contribution in [2.75, 3.05) is 26.2 Å². The van der Waals surface area contributed by atoms with Crippen LogP contribution in [0, 0.1) is 5.41 Å². The molecule has 2 aliphatic heterocycles. The fourth-order valence-corrected chi connectivity index (χ4v) is 5.63. The number of halogens is 3. The Kier molecular flexibility index (Phi) is 5.28. The highest BCUT2D eigenvalue weighted by Crippen LogP contribution is 2.39. The number of nitrogens with one attached hydrogen (secondary N) is 1. The van der Waals surface area contributed by atoms with Crippen molar-refractivity contribution < 1.29 is 8.42 Å². The highest BCUT2D eigenvalue weighted by molar-refractivity contribution is 9.10. The predicted molar refractivity (Wildman–Crippen MR) is 89.7 cm³/mol. The molecule has 8 heteroatoms. The summed E-state index contributed by atoms with van der Waals surface area (Å²) < 4.78 is 27.8. The van der Waals surface area contributed by atoms with Crippen molar-refractivity contribution >= 4 is 50.0 Å². The first-order valence-electron chi connectivity index (χ1n) is 6.59. The molecule has 21 heavy (non-hydrogen) atoms. The van der Waals surface area contributed by atoms with E-state index in [9.17, 15) is 8.42 Å². The second-order valence-electron chi connectivity index (χ2n) is 5.59. The number of hydrogen-bond donors (Lipinski definition) is 1. The first kappa shape index (κ1) is 17.5. The minimum absolute atomic E-state index is 0. The van der Waals surface area contributed by atoms with E-state index in [1.807, 2.05) is 0 Å².